The van der Waals surface area contributed by atoms with Crippen LogP contribution in [0.1, 0.15) is 55.7 Å². The average molecular weight is 295 g/mol. The quantitative estimate of drug-likeness (QED) is 0.877. The lowest BCUT2D eigenvalue weighted by Crippen LogP contribution is -2.38. The fraction of sp³-hybridized carbons (Fsp3) is 0.733. The third-order valence-corrected chi connectivity index (χ3v) is 5.79. The number of hydrogen-bond donors (Lipinski definition) is 2. The molecule has 0 aliphatic heterocycles. The van der Waals surface area contributed by atoms with Gasteiger partial charge < -0.3 is 10.3 Å². The van der Waals surface area contributed by atoms with Gasteiger partial charge in [-0.3, -0.25) is 4.79 Å². The van der Waals surface area contributed by atoms with Gasteiger partial charge in [-0.25, -0.2) is 4.98 Å². The molecule has 1 unspecified atom stereocenters. The zero-order valence-electron chi connectivity index (χ0n) is 12.9. The summed E-state index contributed by atoms with van der Waals surface area (Å²) in [6.07, 6.45) is 7.39. The fourth-order valence-electron chi connectivity index (χ4n) is 3.16. The van der Waals surface area contributed by atoms with E-state index in [0.29, 0.717) is 10.6 Å². The van der Waals surface area contributed by atoms with E-state index in [1.807, 2.05) is 25.6 Å². The maximum absolute atomic E-state index is 12.1. The van der Waals surface area contributed by atoms with Crippen molar-refractivity contribution in [3.8, 4) is 0 Å². The van der Waals surface area contributed by atoms with E-state index in [1.165, 1.54) is 25.7 Å². The highest BCUT2D eigenvalue weighted by molar-refractivity contribution is 8.00. The molecule has 1 heterocycles. The van der Waals surface area contributed by atoms with Crippen LogP contribution in [0.4, 0.5) is 0 Å². The SMILES string of the molecule is CSC1(CNC(C)c2c(C)nc(C)[nH]c2=O)CCCC1. The van der Waals surface area contributed by atoms with Gasteiger partial charge in [0.25, 0.3) is 5.56 Å². The number of rotatable bonds is 5. The second-order valence-corrected chi connectivity index (χ2v) is 7.12. The van der Waals surface area contributed by atoms with Crippen LogP contribution in [-0.4, -0.2) is 27.5 Å². The first-order valence-corrected chi connectivity index (χ1v) is 8.56. The van der Waals surface area contributed by atoms with E-state index in [2.05, 4.69) is 28.5 Å². The normalized spacial score (nSPS) is 19.2. The first-order chi connectivity index (χ1) is 9.47. The zero-order chi connectivity index (χ0) is 14.8. The van der Waals surface area contributed by atoms with Crippen molar-refractivity contribution in [2.24, 2.45) is 0 Å². The largest absolute Gasteiger partial charge is 0.310 e. The minimum Gasteiger partial charge on any atom is -0.310 e. The highest BCUT2D eigenvalue weighted by Gasteiger charge is 2.33. The highest BCUT2D eigenvalue weighted by atomic mass is 32.2. The van der Waals surface area contributed by atoms with Crippen LogP contribution in [0.3, 0.4) is 0 Å². The Labute approximate surface area is 125 Å². The van der Waals surface area contributed by atoms with Gasteiger partial charge in [-0.1, -0.05) is 12.8 Å². The van der Waals surface area contributed by atoms with Crippen molar-refractivity contribution in [1.29, 1.82) is 0 Å². The number of aromatic amines is 1. The topological polar surface area (TPSA) is 57.8 Å². The molecule has 5 heteroatoms. The van der Waals surface area contributed by atoms with Crippen LogP contribution in [0.25, 0.3) is 0 Å². The van der Waals surface area contributed by atoms with Crippen LogP contribution in [0.15, 0.2) is 4.79 Å². The van der Waals surface area contributed by atoms with Gasteiger partial charge in [0.15, 0.2) is 0 Å². The van der Waals surface area contributed by atoms with E-state index in [0.717, 1.165) is 17.8 Å². The van der Waals surface area contributed by atoms with Crippen LogP contribution >= 0.6 is 11.8 Å². The fourth-order valence-corrected chi connectivity index (χ4v) is 4.08. The molecule has 2 rings (SSSR count). The maximum atomic E-state index is 12.1. The maximum Gasteiger partial charge on any atom is 0.255 e. The molecule has 1 aromatic heterocycles. The minimum absolute atomic E-state index is 0.0142. The Morgan fingerprint density at radius 3 is 2.60 bits per heavy atom. The van der Waals surface area contributed by atoms with Crippen molar-refractivity contribution in [3.05, 3.63) is 27.4 Å². The Hall–Kier alpha value is -0.810. The standard InChI is InChI=1S/C15H25N3OS/c1-10(13-11(2)17-12(3)18-14(13)19)16-9-15(20-4)7-5-6-8-15/h10,16H,5-9H2,1-4H3,(H,17,18,19). The van der Waals surface area contributed by atoms with Crippen LogP contribution < -0.4 is 10.9 Å². The van der Waals surface area contributed by atoms with Gasteiger partial charge in [0.2, 0.25) is 0 Å². The van der Waals surface area contributed by atoms with Crippen molar-refractivity contribution < 1.29 is 0 Å². The predicted octanol–water partition coefficient (Wildman–Crippen LogP) is 2.71. The first-order valence-electron chi connectivity index (χ1n) is 7.33. The van der Waals surface area contributed by atoms with Crippen LogP contribution in [0, 0.1) is 13.8 Å². The Kier molecular flexibility index (Phi) is 4.91. The zero-order valence-corrected chi connectivity index (χ0v) is 13.7. The van der Waals surface area contributed by atoms with Crippen molar-refractivity contribution in [2.45, 2.75) is 57.2 Å². The van der Waals surface area contributed by atoms with Gasteiger partial charge in [0.05, 0.1) is 5.56 Å². The van der Waals surface area contributed by atoms with Crippen molar-refractivity contribution in [2.75, 3.05) is 12.8 Å². The van der Waals surface area contributed by atoms with Gasteiger partial charge in [0.1, 0.15) is 5.82 Å². The first kappa shape index (κ1) is 15.6. The predicted molar refractivity (Wildman–Crippen MR) is 85.5 cm³/mol. The summed E-state index contributed by atoms with van der Waals surface area (Å²) in [5.41, 5.74) is 1.58. The number of thioether (sulfide) groups is 1. The van der Waals surface area contributed by atoms with Gasteiger partial charge in [-0.05, 0) is 39.9 Å². The Bertz CT molecular complexity index is 520. The van der Waals surface area contributed by atoms with E-state index >= 15 is 0 Å². The number of hydrogen-bond acceptors (Lipinski definition) is 4. The van der Waals surface area contributed by atoms with Crippen molar-refractivity contribution in [1.82, 2.24) is 15.3 Å². The third kappa shape index (κ3) is 3.26. The molecule has 0 amide bonds. The molecule has 0 bridgehead atoms. The summed E-state index contributed by atoms with van der Waals surface area (Å²) in [7, 11) is 0. The van der Waals surface area contributed by atoms with Crippen molar-refractivity contribution >= 4 is 11.8 Å². The summed E-state index contributed by atoms with van der Waals surface area (Å²) >= 11 is 1.96. The molecule has 1 saturated carbocycles. The second kappa shape index (κ2) is 6.31. The summed E-state index contributed by atoms with van der Waals surface area (Å²) < 4.78 is 0.354. The van der Waals surface area contributed by atoms with E-state index in [-0.39, 0.29) is 11.6 Å². The lowest BCUT2D eigenvalue weighted by atomic mass is 10.0. The minimum atomic E-state index is -0.0142. The smallest absolute Gasteiger partial charge is 0.255 e. The molecule has 0 saturated heterocycles. The summed E-state index contributed by atoms with van der Waals surface area (Å²) in [5, 5.41) is 3.55. The van der Waals surface area contributed by atoms with Gasteiger partial charge in [-0.2, -0.15) is 11.8 Å². The number of nitrogens with one attached hydrogen (secondary N) is 2. The molecule has 4 nitrogen and oxygen atoms in total. The summed E-state index contributed by atoms with van der Waals surface area (Å²) in [5.74, 6) is 0.680. The molecular weight excluding hydrogens is 270 g/mol. The summed E-state index contributed by atoms with van der Waals surface area (Å²) in [6.45, 7) is 6.74. The van der Waals surface area contributed by atoms with Crippen LogP contribution in [0.5, 0.6) is 0 Å². The molecule has 0 aromatic carbocycles. The van der Waals surface area contributed by atoms with E-state index in [9.17, 15) is 4.79 Å². The van der Waals surface area contributed by atoms with E-state index < -0.39 is 0 Å². The molecule has 1 aromatic rings. The monoisotopic (exact) mass is 295 g/mol. The molecule has 0 spiro atoms. The van der Waals surface area contributed by atoms with Crippen molar-refractivity contribution in [3.63, 3.8) is 0 Å². The van der Waals surface area contributed by atoms with Gasteiger partial charge in [-0.15, -0.1) is 0 Å². The van der Waals surface area contributed by atoms with Crippen LogP contribution in [0.2, 0.25) is 0 Å². The molecular formula is C15H25N3OS. The number of aromatic nitrogens is 2. The number of nitrogens with zero attached hydrogens (tertiary/aromatic N) is 1. The Morgan fingerprint density at radius 2 is 2.05 bits per heavy atom. The summed E-state index contributed by atoms with van der Waals surface area (Å²) in [4.78, 5) is 19.3. The molecule has 112 valence electrons. The van der Waals surface area contributed by atoms with E-state index in [4.69, 9.17) is 0 Å². The Morgan fingerprint density at radius 1 is 1.40 bits per heavy atom. The van der Waals surface area contributed by atoms with Crippen LogP contribution in [-0.2, 0) is 0 Å². The molecule has 20 heavy (non-hydrogen) atoms. The molecule has 2 N–H and O–H groups in total. The van der Waals surface area contributed by atoms with Gasteiger partial charge in [0, 0.05) is 23.0 Å². The second-order valence-electron chi connectivity index (χ2n) is 5.85. The lowest BCUT2D eigenvalue weighted by Gasteiger charge is -2.29. The number of H-pyrrole nitrogens is 1. The molecule has 1 aliphatic carbocycles. The molecule has 1 atom stereocenters. The molecule has 1 fully saturated rings. The molecule has 0 radical (unpaired) electrons. The molecule has 1 aliphatic rings. The third-order valence-electron chi connectivity index (χ3n) is 4.38. The lowest BCUT2D eigenvalue weighted by molar-refractivity contribution is 0.482. The number of aryl methyl sites for hydroxylation is 2. The van der Waals surface area contributed by atoms with E-state index in [1.54, 1.807) is 0 Å². The van der Waals surface area contributed by atoms with Gasteiger partial charge >= 0.3 is 0 Å². The average Bonchev–Trinajstić information content (AvgIpc) is 2.84. The Balaban J connectivity index is 2.09. The highest BCUT2D eigenvalue weighted by Crippen LogP contribution is 2.39. The summed E-state index contributed by atoms with van der Waals surface area (Å²) in [6, 6.07) is 0.0384.